The van der Waals surface area contributed by atoms with Crippen LogP contribution >= 0.6 is 11.3 Å². The van der Waals surface area contributed by atoms with E-state index < -0.39 is 0 Å². The Bertz CT molecular complexity index is 765. The highest BCUT2D eigenvalue weighted by atomic mass is 32.1. The number of fused-ring (bicyclic) bond motifs is 1. The average Bonchev–Trinajstić information content (AvgIpc) is 3.12. The van der Waals surface area contributed by atoms with E-state index in [2.05, 4.69) is 0 Å². The molecule has 0 saturated carbocycles. The summed E-state index contributed by atoms with van der Waals surface area (Å²) in [4.78, 5) is 15.7. The first-order valence-corrected chi connectivity index (χ1v) is 8.75. The van der Waals surface area contributed by atoms with Crippen molar-refractivity contribution in [3.8, 4) is 11.5 Å². The van der Waals surface area contributed by atoms with Gasteiger partial charge in [-0.15, -0.1) is 11.3 Å². The third-order valence-corrected chi connectivity index (χ3v) is 5.06. The van der Waals surface area contributed by atoms with Gasteiger partial charge in [0.25, 0.3) is 0 Å². The highest BCUT2D eigenvalue weighted by Crippen LogP contribution is 2.33. The van der Waals surface area contributed by atoms with Crippen molar-refractivity contribution in [2.75, 3.05) is 20.8 Å². The minimum Gasteiger partial charge on any atom is -0.493 e. The Labute approximate surface area is 146 Å². The summed E-state index contributed by atoms with van der Waals surface area (Å²) < 4.78 is 10.7. The van der Waals surface area contributed by atoms with Gasteiger partial charge in [0.05, 0.1) is 14.2 Å². The Morgan fingerprint density at radius 2 is 1.92 bits per heavy atom. The molecule has 1 aromatic heterocycles. The molecule has 0 fully saturated rings. The van der Waals surface area contributed by atoms with Crippen LogP contribution in [0.1, 0.15) is 22.9 Å². The lowest BCUT2D eigenvalue weighted by molar-refractivity contribution is -0.127. The standard InChI is InChI=1S/C19H21NO3S/c1-13(9-16-5-4-8-24-16)19(21)20-7-6-14-10-17(22-2)18(23-3)11-15(14)12-20/h4-5,8-11H,6-7,12H2,1-3H3/b13-9+. The number of carbonyl (C=O) groups excluding carboxylic acids is 1. The van der Waals surface area contributed by atoms with E-state index in [9.17, 15) is 4.79 Å². The summed E-state index contributed by atoms with van der Waals surface area (Å²) in [6.07, 6.45) is 2.78. The molecule has 4 nitrogen and oxygen atoms in total. The molecule has 1 aliphatic heterocycles. The summed E-state index contributed by atoms with van der Waals surface area (Å²) >= 11 is 1.64. The van der Waals surface area contributed by atoms with Gasteiger partial charge in [-0.3, -0.25) is 4.79 Å². The lowest BCUT2D eigenvalue weighted by atomic mass is 9.98. The summed E-state index contributed by atoms with van der Waals surface area (Å²) in [5, 5.41) is 2.01. The van der Waals surface area contributed by atoms with Crippen LogP contribution in [0.2, 0.25) is 0 Å². The van der Waals surface area contributed by atoms with Crippen molar-refractivity contribution >= 4 is 23.3 Å². The summed E-state index contributed by atoms with van der Waals surface area (Å²) in [7, 11) is 3.27. The molecule has 126 valence electrons. The van der Waals surface area contributed by atoms with Crippen LogP contribution in [0.25, 0.3) is 6.08 Å². The Hall–Kier alpha value is -2.27. The molecule has 0 saturated heterocycles. The Kier molecular flexibility index (Phi) is 4.90. The van der Waals surface area contributed by atoms with Crippen LogP contribution < -0.4 is 9.47 Å². The number of methoxy groups -OCH3 is 2. The Balaban J connectivity index is 1.80. The molecule has 0 bridgehead atoms. The highest BCUT2D eigenvalue weighted by molar-refractivity contribution is 7.10. The molecule has 0 radical (unpaired) electrons. The van der Waals surface area contributed by atoms with Crippen molar-refractivity contribution in [2.24, 2.45) is 0 Å². The lowest BCUT2D eigenvalue weighted by Gasteiger charge is -2.30. The van der Waals surface area contributed by atoms with Gasteiger partial charge in [-0.25, -0.2) is 0 Å². The Morgan fingerprint density at radius 3 is 2.54 bits per heavy atom. The van der Waals surface area contributed by atoms with Crippen molar-refractivity contribution in [1.82, 2.24) is 4.90 Å². The summed E-state index contributed by atoms with van der Waals surface area (Å²) in [6, 6.07) is 8.01. The van der Waals surface area contributed by atoms with Crippen molar-refractivity contribution in [3.63, 3.8) is 0 Å². The SMILES string of the molecule is COc1cc2c(cc1OC)CN(C(=O)/C(C)=C/c1cccs1)CC2. The van der Waals surface area contributed by atoms with Gasteiger partial charge in [-0.2, -0.15) is 0 Å². The second-order valence-electron chi connectivity index (χ2n) is 5.80. The van der Waals surface area contributed by atoms with E-state index in [1.54, 1.807) is 25.6 Å². The zero-order chi connectivity index (χ0) is 17.1. The predicted octanol–water partition coefficient (Wildman–Crippen LogP) is 3.75. The molecular weight excluding hydrogens is 322 g/mol. The third kappa shape index (κ3) is 3.31. The first-order valence-electron chi connectivity index (χ1n) is 7.87. The van der Waals surface area contributed by atoms with E-state index in [-0.39, 0.29) is 5.91 Å². The maximum absolute atomic E-state index is 12.7. The van der Waals surface area contributed by atoms with Crippen LogP contribution in [0.4, 0.5) is 0 Å². The van der Waals surface area contributed by atoms with Crippen LogP contribution in [0.15, 0.2) is 35.2 Å². The summed E-state index contributed by atoms with van der Waals surface area (Å²) in [5.74, 6) is 1.53. The third-order valence-electron chi connectivity index (χ3n) is 4.24. The van der Waals surface area contributed by atoms with Gasteiger partial charge in [0.15, 0.2) is 11.5 Å². The van der Waals surface area contributed by atoms with Crippen molar-refractivity contribution < 1.29 is 14.3 Å². The maximum Gasteiger partial charge on any atom is 0.249 e. The van der Waals surface area contributed by atoms with E-state index >= 15 is 0 Å². The minimum atomic E-state index is 0.0869. The largest absolute Gasteiger partial charge is 0.493 e. The number of thiophene rings is 1. The fraction of sp³-hybridized carbons (Fsp3) is 0.316. The molecule has 2 aromatic rings. The van der Waals surface area contributed by atoms with Crippen LogP contribution in [0.5, 0.6) is 11.5 Å². The van der Waals surface area contributed by atoms with Crippen LogP contribution in [-0.4, -0.2) is 31.6 Å². The molecule has 3 rings (SSSR count). The number of hydrogen-bond acceptors (Lipinski definition) is 4. The number of ether oxygens (including phenoxy) is 2. The topological polar surface area (TPSA) is 38.8 Å². The van der Waals surface area contributed by atoms with Gasteiger partial charge < -0.3 is 14.4 Å². The zero-order valence-corrected chi connectivity index (χ0v) is 15.0. The summed E-state index contributed by atoms with van der Waals surface area (Å²) in [5.41, 5.74) is 3.11. The maximum atomic E-state index is 12.7. The molecule has 1 aliphatic rings. The number of amides is 1. The van der Waals surface area contributed by atoms with Gasteiger partial charge in [-0.05, 0) is 54.1 Å². The van der Waals surface area contributed by atoms with Gasteiger partial charge in [0.2, 0.25) is 5.91 Å². The number of benzene rings is 1. The molecule has 5 heteroatoms. The molecule has 1 aromatic carbocycles. The molecular formula is C19H21NO3S. The first kappa shape index (κ1) is 16.6. The minimum absolute atomic E-state index is 0.0869. The van der Waals surface area contributed by atoms with Crippen molar-refractivity contribution in [3.05, 3.63) is 51.2 Å². The second-order valence-corrected chi connectivity index (χ2v) is 6.77. The second kappa shape index (κ2) is 7.09. The highest BCUT2D eigenvalue weighted by Gasteiger charge is 2.23. The normalized spacial score (nSPS) is 14.3. The van der Waals surface area contributed by atoms with Crippen LogP contribution in [0.3, 0.4) is 0 Å². The number of rotatable bonds is 4. The quantitative estimate of drug-likeness (QED) is 0.794. The smallest absolute Gasteiger partial charge is 0.249 e. The van der Waals surface area contributed by atoms with E-state index in [0.29, 0.717) is 12.3 Å². The molecule has 0 N–H and O–H groups in total. The van der Waals surface area contributed by atoms with Gasteiger partial charge in [0, 0.05) is 23.5 Å². The van der Waals surface area contributed by atoms with E-state index in [1.807, 2.05) is 47.5 Å². The molecule has 0 spiro atoms. The molecule has 0 atom stereocenters. The van der Waals surface area contributed by atoms with Crippen molar-refractivity contribution in [2.45, 2.75) is 19.9 Å². The van der Waals surface area contributed by atoms with Crippen molar-refractivity contribution in [1.29, 1.82) is 0 Å². The monoisotopic (exact) mass is 343 g/mol. The first-order chi connectivity index (χ1) is 11.6. The van der Waals surface area contributed by atoms with Crippen LogP contribution in [0, 0.1) is 0 Å². The fourth-order valence-electron chi connectivity index (χ4n) is 2.95. The molecule has 24 heavy (non-hydrogen) atoms. The lowest BCUT2D eigenvalue weighted by Crippen LogP contribution is -2.36. The zero-order valence-electron chi connectivity index (χ0n) is 14.2. The number of nitrogens with zero attached hydrogens (tertiary/aromatic N) is 1. The van der Waals surface area contributed by atoms with Gasteiger partial charge >= 0.3 is 0 Å². The fourth-order valence-corrected chi connectivity index (χ4v) is 3.67. The average molecular weight is 343 g/mol. The van der Waals surface area contributed by atoms with E-state index in [4.69, 9.17) is 9.47 Å². The van der Waals surface area contributed by atoms with E-state index in [0.717, 1.165) is 34.7 Å². The summed E-state index contributed by atoms with van der Waals surface area (Å²) in [6.45, 7) is 3.20. The molecule has 0 unspecified atom stereocenters. The molecule has 0 aliphatic carbocycles. The Morgan fingerprint density at radius 1 is 1.21 bits per heavy atom. The van der Waals surface area contributed by atoms with E-state index in [1.165, 1.54) is 5.56 Å². The predicted molar refractivity (Wildman–Crippen MR) is 96.6 cm³/mol. The van der Waals surface area contributed by atoms with Gasteiger partial charge in [-0.1, -0.05) is 6.07 Å². The molecule has 2 heterocycles. The number of carbonyl (C=O) groups is 1. The van der Waals surface area contributed by atoms with Gasteiger partial charge in [0.1, 0.15) is 0 Å². The van der Waals surface area contributed by atoms with Crippen LogP contribution in [-0.2, 0) is 17.8 Å². The molecule has 1 amide bonds. The number of hydrogen-bond donors (Lipinski definition) is 0.